The van der Waals surface area contributed by atoms with Gasteiger partial charge < -0.3 is 19.1 Å². The highest BCUT2D eigenvalue weighted by molar-refractivity contribution is 9.10. The number of benzene rings is 1. The lowest BCUT2D eigenvalue weighted by atomic mass is 9.82. The van der Waals surface area contributed by atoms with Crippen LogP contribution in [0.3, 0.4) is 0 Å². The van der Waals surface area contributed by atoms with Gasteiger partial charge in [-0.2, -0.15) is 0 Å². The fraction of sp³-hybridized carbons (Fsp3) is 0.579. The lowest BCUT2D eigenvalue weighted by Crippen LogP contribution is -2.53. The quantitative estimate of drug-likeness (QED) is 0.692. The lowest BCUT2D eigenvalue weighted by molar-refractivity contribution is -0.134. The highest BCUT2D eigenvalue weighted by atomic mass is 79.9. The molecule has 0 aliphatic carbocycles. The first-order valence-electron chi connectivity index (χ1n) is 8.84. The third kappa shape index (κ3) is 3.29. The number of ether oxygens (including phenoxy) is 3. The number of fused-ring (bicyclic) bond motifs is 1. The van der Waals surface area contributed by atoms with Crippen LogP contribution < -0.4 is 14.2 Å². The molecule has 7 heteroatoms. The number of nitrogens with zero attached hydrogens (tertiary/aromatic N) is 1. The van der Waals surface area contributed by atoms with E-state index < -0.39 is 5.60 Å². The number of likely N-dealkylation sites (tertiary alicyclic amines) is 1. The molecule has 2 heterocycles. The van der Waals surface area contributed by atoms with E-state index in [-0.39, 0.29) is 16.5 Å². The van der Waals surface area contributed by atoms with E-state index in [4.69, 9.17) is 14.2 Å². The number of piperidine rings is 1. The van der Waals surface area contributed by atoms with Crippen molar-refractivity contribution in [3.63, 3.8) is 0 Å². The zero-order chi connectivity index (χ0) is 18.9. The van der Waals surface area contributed by atoms with E-state index in [9.17, 15) is 9.59 Å². The minimum atomic E-state index is -0.589. The third-order valence-electron chi connectivity index (χ3n) is 5.21. The maximum Gasteiger partial charge on any atom is 0.236 e. The zero-order valence-corrected chi connectivity index (χ0v) is 16.9. The van der Waals surface area contributed by atoms with Crippen molar-refractivity contribution in [1.82, 2.24) is 4.90 Å². The van der Waals surface area contributed by atoms with Gasteiger partial charge in [0.25, 0.3) is 0 Å². The van der Waals surface area contributed by atoms with Crippen molar-refractivity contribution in [2.24, 2.45) is 0 Å². The van der Waals surface area contributed by atoms with Crippen LogP contribution in [0.15, 0.2) is 12.1 Å². The highest BCUT2D eigenvalue weighted by Crippen LogP contribution is 2.47. The average molecular weight is 426 g/mol. The second kappa shape index (κ2) is 7.47. The van der Waals surface area contributed by atoms with Crippen molar-refractivity contribution in [2.75, 3.05) is 27.3 Å². The van der Waals surface area contributed by atoms with Gasteiger partial charge in [0.05, 0.1) is 31.0 Å². The standard InChI is InChI=1S/C19H24BrNO5/c1-4-13(20)18(23)21-9-7-19(8-10-21)11-14(22)12-5-6-15(24-2)17(25-3)16(12)26-19/h5-6,13H,4,7-11H2,1-3H3. The Labute approximate surface area is 161 Å². The maximum absolute atomic E-state index is 12.7. The summed E-state index contributed by atoms with van der Waals surface area (Å²) in [6.07, 6.45) is 2.31. The van der Waals surface area contributed by atoms with E-state index in [1.54, 1.807) is 19.2 Å². The van der Waals surface area contributed by atoms with Gasteiger partial charge >= 0.3 is 0 Å². The van der Waals surface area contributed by atoms with Crippen molar-refractivity contribution in [2.45, 2.75) is 43.0 Å². The molecule has 1 spiro atoms. The van der Waals surface area contributed by atoms with Gasteiger partial charge in [0.15, 0.2) is 17.3 Å². The number of methoxy groups -OCH3 is 2. The Bertz CT molecular complexity index is 712. The molecule has 1 saturated heterocycles. The number of amides is 1. The van der Waals surface area contributed by atoms with Crippen LogP contribution in [-0.2, 0) is 4.79 Å². The third-order valence-corrected chi connectivity index (χ3v) is 6.25. The number of halogens is 1. The molecule has 1 amide bonds. The van der Waals surface area contributed by atoms with Crippen molar-refractivity contribution >= 4 is 27.6 Å². The Hall–Kier alpha value is -1.76. The van der Waals surface area contributed by atoms with E-state index in [2.05, 4.69) is 15.9 Å². The summed E-state index contributed by atoms with van der Waals surface area (Å²) in [6, 6.07) is 3.44. The van der Waals surface area contributed by atoms with Crippen LogP contribution in [0.2, 0.25) is 0 Å². The Morgan fingerprint density at radius 1 is 1.31 bits per heavy atom. The van der Waals surface area contributed by atoms with Gasteiger partial charge in [0.2, 0.25) is 11.7 Å². The summed E-state index contributed by atoms with van der Waals surface area (Å²) in [5, 5.41) is 0. The Morgan fingerprint density at radius 2 is 2.00 bits per heavy atom. The van der Waals surface area contributed by atoms with Crippen molar-refractivity contribution < 1.29 is 23.8 Å². The van der Waals surface area contributed by atoms with Crippen LogP contribution in [0, 0.1) is 0 Å². The zero-order valence-electron chi connectivity index (χ0n) is 15.3. The van der Waals surface area contributed by atoms with E-state index in [0.717, 1.165) is 6.42 Å². The molecule has 1 aromatic rings. The van der Waals surface area contributed by atoms with Crippen molar-refractivity contribution in [3.05, 3.63) is 17.7 Å². The fourth-order valence-corrected chi connectivity index (χ4v) is 3.94. The van der Waals surface area contributed by atoms with Crippen LogP contribution in [0.25, 0.3) is 0 Å². The summed E-state index contributed by atoms with van der Waals surface area (Å²) < 4.78 is 17.1. The first kappa shape index (κ1) is 19.0. The molecule has 142 valence electrons. The van der Waals surface area contributed by atoms with Gasteiger partial charge in [0, 0.05) is 25.9 Å². The van der Waals surface area contributed by atoms with Gasteiger partial charge in [-0.25, -0.2) is 0 Å². The van der Waals surface area contributed by atoms with Gasteiger partial charge in [0.1, 0.15) is 5.60 Å². The number of alkyl halides is 1. The largest absolute Gasteiger partial charge is 0.493 e. The normalized spacial score (nSPS) is 19.5. The molecule has 0 radical (unpaired) electrons. The smallest absolute Gasteiger partial charge is 0.236 e. The fourth-order valence-electron chi connectivity index (χ4n) is 3.65. The number of rotatable bonds is 4. The molecule has 0 aromatic heterocycles. The van der Waals surface area contributed by atoms with Crippen molar-refractivity contribution in [3.8, 4) is 17.2 Å². The molecular formula is C19H24BrNO5. The molecule has 0 bridgehead atoms. The molecule has 0 N–H and O–H groups in total. The first-order valence-corrected chi connectivity index (χ1v) is 9.76. The Kier molecular flexibility index (Phi) is 5.46. The molecule has 0 saturated carbocycles. The minimum Gasteiger partial charge on any atom is -0.493 e. The molecule has 1 unspecified atom stereocenters. The van der Waals surface area contributed by atoms with Gasteiger partial charge in [-0.05, 0) is 18.6 Å². The lowest BCUT2D eigenvalue weighted by Gasteiger charge is -2.44. The van der Waals surface area contributed by atoms with Crippen LogP contribution in [0.5, 0.6) is 17.2 Å². The SMILES string of the molecule is CCC(Br)C(=O)N1CCC2(CC1)CC(=O)c1ccc(OC)c(OC)c1O2. The summed E-state index contributed by atoms with van der Waals surface area (Å²) in [7, 11) is 3.09. The van der Waals surface area contributed by atoms with Gasteiger partial charge in [-0.15, -0.1) is 0 Å². The van der Waals surface area contributed by atoms with Crippen LogP contribution in [0.1, 0.15) is 43.0 Å². The molecule has 1 fully saturated rings. The molecule has 1 atom stereocenters. The molecule has 6 nitrogen and oxygen atoms in total. The summed E-state index contributed by atoms with van der Waals surface area (Å²) in [5.74, 6) is 1.58. The number of hydrogen-bond donors (Lipinski definition) is 0. The average Bonchev–Trinajstić information content (AvgIpc) is 2.66. The highest BCUT2D eigenvalue weighted by Gasteiger charge is 2.45. The monoisotopic (exact) mass is 425 g/mol. The summed E-state index contributed by atoms with van der Waals surface area (Å²) in [4.78, 5) is 26.8. The first-order chi connectivity index (χ1) is 12.4. The minimum absolute atomic E-state index is 0.0407. The van der Waals surface area contributed by atoms with E-state index in [1.165, 1.54) is 7.11 Å². The Balaban J connectivity index is 1.83. The van der Waals surface area contributed by atoms with E-state index in [0.29, 0.717) is 55.2 Å². The molecule has 2 aliphatic rings. The molecule has 2 aliphatic heterocycles. The number of ketones is 1. The summed E-state index contributed by atoms with van der Waals surface area (Å²) in [6.45, 7) is 3.13. The topological polar surface area (TPSA) is 65.1 Å². The second-order valence-corrected chi connectivity index (χ2v) is 7.87. The second-order valence-electron chi connectivity index (χ2n) is 6.76. The number of carbonyl (C=O) groups is 2. The maximum atomic E-state index is 12.7. The number of carbonyl (C=O) groups excluding carboxylic acids is 2. The predicted octanol–water partition coefficient (Wildman–Crippen LogP) is 3.20. The Morgan fingerprint density at radius 3 is 2.58 bits per heavy atom. The van der Waals surface area contributed by atoms with E-state index in [1.807, 2.05) is 11.8 Å². The van der Waals surface area contributed by atoms with Crippen molar-refractivity contribution in [1.29, 1.82) is 0 Å². The van der Waals surface area contributed by atoms with Gasteiger partial charge in [-0.1, -0.05) is 22.9 Å². The molecule has 3 rings (SSSR count). The van der Waals surface area contributed by atoms with E-state index >= 15 is 0 Å². The summed E-state index contributed by atoms with van der Waals surface area (Å²) >= 11 is 3.42. The van der Waals surface area contributed by atoms with Gasteiger partial charge in [-0.3, -0.25) is 9.59 Å². The van der Waals surface area contributed by atoms with Crippen LogP contribution in [-0.4, -0.2) is 54.3 Å². The predicted molar refractivity (Wildman–Crippen MR) is 101 cm³/mol. The molecule has 26 heavy (non-hydrogen) atoms. The molecule has 1 aromatic carbocycles. The summed E-state index contributed by atoms with van der Waals surface area (Å²) in [5.41, 5.74) is -0.0626. The number of hydrogen-bond acceptors (Lipinski definition) is 5. The number of Topliss-reactive ketones (excluding diaryl/α,β-unsaturated/α-hetero) is 1. The van der Waals surface area contributed by atoms with Crippen LogP contribution in [0.4, 0.5) is 0 Å². The van der Waals surface area contributed by atoms with Crippen LogP contribution >= 0.6 is 15.9 Å². The molecular weight excluding hydrogens is 402 g/mol.